The summed E-state index contributed by atoms with van der Waals surface area (Å²) in [6.45, 7) is 2.76. The number of nitrogens with zero attached hydrogens (tertiary/aromatic N) is 1. The molecule has 2 atom stereocenters. The lowest BCUT2D eigenvalue weighted by Crippen LogP contribution is -2.44. The topological polar surface area (TPSA) is 56.3 Å². The van der Waals surface area contributed by atoms with Crippen LogP contribution in [0.4, 0.5) is 0 Å². The van der Waals surface area contributed by atoms with Gasteiger partial charge in [-0.15, -0.1) is 0 Å². The molecule has 25 heavy (non-hydrogen) atoms. The summed E-state index contributed by atoms with van der Waals surface area (Å²) in [5, 5.41) is 11.3. The number of aliphatic hydroxyl groups excluding tert-OH is 1. The molecule has 128 valence electrons. The van der Waals surface area contributed by atoms with Gasteiger partial charge in [-0.25, -0.2) is 0 Å². The Bertz CT molecular complexity index is 915. The van der Waals surface area contributed by atoms with Gasteiger partial charge >= 0.3 is 0 Å². The standard InChI is InChI=1S/C21H22N2O2/c1-2-11-23-20(17-12-22-19-10-6-5-8-15(17)19)18(13-24)14-7-3-4-9-16(14)21(23)25/h3-10,12,18,20,22,24H,2,11,13H2,1H3/t18-,20+/m1/s1. The first-order valence-corrected chi connectivity index (χ1v) is 8.83. The molecule has 1 amide bonds. The molecular formula is C21H22N2O2. The van der Waals surface area contributed by atoms with E-state index in [4.69, 9.17) is 0 Å². The van der Waals surface area contributed by atoms with Crippen LogP contribution in [0.3, 0.4) is 0 Å². The van der Waals surface area contributed by atoms with Gasteiger partial charge in [-0.2, -0.15) is 0 Å². The number of carbonyl (C=O) groups is 1. The first kappa shape index (κ1) is 15.9. The molecule has 0 aliphatic carbocycles. The van der Waals surface area contributed by atoms with Gasteiger partial charge in [0.25, 0.3) is 5.91 Å². The van der Waals surface area contributed by atoms with Crippen LogP contribution in [-0.4, -0.2) is 34.0 Å². The van der Waals surface area contributed by atoms with Crippen LogP contribution in [0.1, 0.15) is 46.8 Å². The molecule has 1 aliphatic rings. The summed E-state index contributed by atoms with van der Waals surface area (Å²) in [5.41, 5.74) is 3.78. The second-order valence-corrected chi connectivity index (χ2v) is 6.61. The van der Waals surface area contributed by atoms with Crippen molar-refractivity contribution in [2.75, 3.05) is 13.2 Å². The Labute approximate surface area is 147 Å². The quantitative estimate of drug-likeness (QED) is 0.761. The molecule has 0 radical (unpaired) electrons. The smallest absolute Gasteiger partial charge is 0.254 e. The molecule has 1 aliphatic heterocycles. The number of aromatic nitrogens is 1. The van der Waals surface area contributed by atoms with Crippen LogP contribution in [0.5, 0.6) is 0 Å². The monoisotopic (exact) mass is 334 g/mol. The van der Waals surface area contributed by atoms with Crippen molar-refractivity contribution in [2.24, 2.45) is 0 Å². The van der Waals surface area contributed by atoms with E-state index in [2.05, 4.69) is 18.0 Å². The number of carbonyl (C=O) groups excluding carboxylic acids is 1. The van der Waals surface area contributed by atoms with E-state index in [1.54, 1.807) is 0 Å². The lowest BCUT2D eigenvalue weighted by atomic mass is 9.80. The number of fused-ring (bicyclic) bond motifs is 2. The predicted octanol–water partition coefficient (Wildman–Crippen LogP) is 3.85. The molecule has 3 aromatic rings. The van der Waals surface area contributed by atoms with Crippen molar-refractivity contribution >= 4 is 16.8 Å². The molecule has 2 aromatic carbocycles. The Morgan fingerprint density at radius 1 is 1.08 bits per heavy atom. The van der Waals surface area contributed by atoms with Crippen molar-refractivity contribution < 1.29 is 9.90 Å². The minimum Gasteiger partial charge on any atom is -0.396 e. The molecule has 0 spiro atoms. The van der Waals surface area contributed by atoms with Crippen LogP contribution >= 0.6 is 0 Å². The van der Waals surface area contributed by atoms with Gasteiger partial charge in [0.05, 0.1) is 12.6 Å². The largest absolute Gasteiger partial charge is 0.396 e. The van der Waals surface area contributed by atoms with Crippen LogP contribution in [0.25, 0.3) is 10.9 Å². The van der Waals surface area contributed by atoms with Gasteiger partial charge in [-0.3, -0.25) is 4.79 Å². The Hall–Kier alpha value is -2.59. The summed E-state index contributed by atoms with van der Waals surface area (Å²) in [4.78, 5) is 18.4. The first-order chi connectivity index (χ1) is 12.3. The molecule has 4 heteroatoms. The lowest BCUT2D eigenvalue weighted by molar-refractivity contribution is 0.0565. The van der Waals surface area contributed by atoms with E-state index in [1.807, 2.05) is 53.6 Å². The third-order valence-electron chi connectivity index (χ3n) is 5.17. The number of H-pyrrole nitrogens is 1. The zero-order valence-corrected chi connectivity index (χ0v) is 14.3. The Balaban J connectivity index is 1.93. The zero-order chi connectivity index (χ0) is 17.4. The minimum absolute atomic E-state index is 0.00861. The highest BCUT2D eigenvalue weighted by atomic mass is 16.3. The summed E-state index contributed by atoms with van der Waals surface area (Å²) in [6.07, 6.45) is 2.87. The van der Waals surface area contributed by atoms with E-state index in [0.29, 0.717) is 12.1 Å². The number of aromatic amines is 1. The van der Waals surface area contributed by atoms with Crippen LogP contribution < -0.4 is 0 Å². The fourth-order valence-electron chi connectivity index (χ4n) is 4.09. The molecule has 0 saturated carbocycles. The van der Waals surface area contributed by atoms with Gasteiger partial charge < -0.3 is 15.0 Å². The SMILES string of the molecule is CCCN1C(=O)c2ccccc2[C@@H](CO)[C@@H]1c1c[nH]c2ccccc12. The van der Waals surface area contributed by atoms with Crippen molar-refractivity contribution in [1.82, 2.24) is 9.88 Å². The minimum atomic E-state index is -0.163. The van der Waals surface area contributed by atoms with Crippen molar-refractivity contribution in [3.8, 4) is 0 Å². The number of para-hydroxylation sites is 1. The molecule has 4 rings (SSSR count). The molecule has 0 fully saturated rings. The lowest BCUT2D eigenvalue weighted by Gasteiger charge is -2.41. The number of rotatable bonds is 4. The Morgan fingerprint density at radius 2 is 1.84 bits per heavy atom. The van der Waals surface area contributed by atoms with Crippen molar-refractivity contribution in [3.63, 3.8) is 0 Å². The fraction of sp³-hybridized carbons (Fsp3) is 0.286. The van der Waals surface area contributed by atoms with Gasteiger partial charge in [0.1, 0.15) is 0 Å². The first-order valence-electron chi connectivity index (χ1n) is 8.83. The van der Waals surface area contributed by atoms with E-state index in [9.17, 15) is 9.90 Å². The maximum absolute atomic E-state index is 13.1. The number of benzene rings is 2. The number of hydrogen-bond acceptors (Lipinski definition) is 2. The second kappa shape index (κ2) is 6.37. The highest BCUT2D eigenvalue weighted by molar-refractivity contribution is 5.98. The van der Waals surface area contributed by atoms with E-state index in [0.717, 1.165) is 28.5 Å². The van der Waals surface area contributed by atoms with Crippen molar-refractivity contribution in [3.05, 3.63) is 71.4 Å². The van der Waals surface area contributed by atoms with Crippen LogP contribution in [0, 0.1) is 0 Å². The molecular weight excluding hydrogens is 312 g/mol. The van der Waals surface area contributed by atoms with E-state index in [-0.39, 0.29) is 24.5 Å². The van der Waals surface area contributed by atoms with Crippen LogP contribution in [0.2, 0.25) is 0 Å². The summed E-state index contributed by atoms with van der Waals surface area (Å²) >= 11 is 0. The van der Waals surface area contributed by atoms with Gasteiger partial charge in [0, 0.05) is 40.7 Å². The summed E-state index contributed by atoms with van der Waals surface area (Å²) in [5.74, 6) is -0.0721. The highest BCUT2D eigenvalue weighted by Crippen LogP contribution is 2.44. The zero-order valence-electron chi connectivity index (χ0n) is 14.3. The van der Waals surface area contributed by atoms with Crippen LogP contribution in [-0.2, 0) is 0 Å². The maximum atomic E-state index is 13.1. The normalized spacial score (nSPS) is 20.1. The second-order valence-electron chi connectivity index (χ2n) is 6.61. The third kappa shape index (κ3) is 2.45. The number of amides is 1. The van der Waals surface area contributed by atoms with Crippen molar-refractivity contribution in [1.29, 1.82) is 0 Å². The van der Waals surface area contributed by atoms with Gasteiger partial charge in [-0.05, 0) is 24.1 Å². The summed E-state index contributed by atoms with van der Waals surface area (Å²) < 4.78 is 0. The average molecular weight is 334 g/mol. The van der Waals surface area contributed by atoms with E-state index >= 15 is 0 Å². The van der Waals surface area contributed by atoms with Gasteiger partial charge in [0.15, 0.2) is 0 Å². The molecule has 0 bridgehead atoms. The summed E-state index contributed by atoms with van der Waals surface area (Å²) in [6, 6.07) is 15.6. The Kier molecular flexibility index (Phi) is 4.06. The summed E-state index contributed by atoms with van der Waals surface area (Å²) in [7, 11) is 0. The third-order valence-corrected chi connectivity index (χ3v) is 5.17. The number of hydrogen-bond donors (Lipinski definition) is 2. The molecule has 2 N–H and O–H groups in total. The molecule has 0 unspecified atom stereocenters. The molecule has 2 heterocycles. The van der Waals surface area contributed by atoms with Gasteiger partial charge in [-0.1, -0.05) is 43.3 Å². The number of aliphatic hydroxyl groups is 1. The van der Waals surface area contributed by atoms with Gasteiger partial charge in [0.2, 0.25) is 0 Å². The molecule has 1 aromatic heterocycles. The predicted molar refractivity (Wildman–Crippen MR) is 98.6 cm³/mol. The molecule has 0 saturated heterocycles. The molecule has 4 nitrogen and oxygen atoms in total. The maximum Gasteiger partial charge on any atom is 0.254 e. The van der Waals surface area contributed by atoms with Crippen LogP contribution in [0.15, 0.2) is 54.7 Å². The fourth-order valence-corrected chi connectivity index (χ4v) is 4.09. The average Bonchev–Trinajstić information content (AvgIpc) is 3.07. The number of nitrogens with one attached hydrogen (secondary N) is 1. The van der Waals surface area contributed by atoms with Crippen molar-refractivity contribution in [2.45, 2.75) is 25.3 Å². The van der Waals surface area contributed by atoms with E-state index < -0.39 is 0 Å². The Morgan fingerprint density at radius 3 is 2.64 bits per heavy atom. The van der Waals surface area contributed by atoms with E-state index in [1.165, 1.54) is 0 Å². The highest BCUT2D eigenvalue weighted by Gasteiger charge is 2.40.